The Morgan fingerprint density at radius 1 is 0.810 bits per heavy atom. The Kier molecular flexibility index (Phi) is 5.09. The summed E-state index contributed by atoms with van der Waals surface area (Å²) in [5.41, 5.74) is 0. The third-order valence-electron chi connectivity index (χ3n) is 6.65. The predicted molar refractivity (Wildman–Crippen MR) is 91.1 cm³/mol. The molecule has 120 valence electrons. The summed E-state index contributed by atoms with van der Waals surface area (Å²) in [6, 6.07) is 0. The molecule has 1 aliphatic heterocycles. The lowest BCUT2D eigenvalue weighted by molar-refractivity contribution is -0.901. The lowest BCUT2D eigenvalue weighted by Gasteiger charge is -2.31. The van der Waals surface area contributed by atoms with Gasteiger partial charge in [0.25, 0.3) is 0 Å². The van der Waals surface area contributed by atoms with E-state index < -0.39 is 0 Å². The monoisotopic (exact) mass is 290 g/mol. The number of unbranched alkanes of at least 4 members (excludes halogenated alkanes) is 7. The van der Waals surface area contributed by atoms with Crippen LogP contribution in [0.3, 0.4) is 0 Å². The minimum absolute atomic E-state index is 0.957. The van der Waals surface area contributed by atoms with Gasteiger partial charge >= 0.3 is 0 Å². The first-order valence-corrected chi connectivity index (χ1v) is 9.74. The maximum Gasteiger partial charge on any atom is 0.0824 e. The van der Waals surface area contributed by atoms with E-state index in [1.54, 1.807) is 0 Å². The Bertz CT molecular complexity index is 339. The molecular formula is C20H36N+. The Hall–Kier alpha value is -0.300. The lowest BCUT2D eigenvalue weighted by atomic mass is 9.86. The summed E-state index contributed by atoms with van der Waals surface area (Å²) in [6.07, 6.45) is 18.2. The summed E-state index contributed by atoms with van der Waals surface area (Å²) in [7, 11) is 2.54. The number of nitrogens with zero attached hydrogens (tertiary/aromatic N) is 1. The van der Waals surface area contributed by atoms with Gasteiger partial charge in [-0.1, -0.05) is 57.6 Å². The summed E-state index contributed by atoms with van der Waals surface area (Å²) in [5.74, 6) is 4.00. The molecule has 21 heavy (non-hydrogen) atoms. The molecular weight excluding hydrogens is 254 g/mol. The zero-order chi connectivity index (χ0) is 14.7. The van der Waals surface area contributed by atoms with Crippen molar-refractivity contribution in [2.24, 2.45) is 23.7 Å². The van der Waals surface area contributed by atoms with Crippen LogP contribution in [0.25, 0.3) is 0 Å². The van der Waals surface area contributed by atoms with Crippen molar-refractivity contribution in [1.82, 2.24) is 0 Å². The van der Waals surface area contributed by atoms with Crippen LogP contribution in [0.15, 0.2) is 12.2 Å². The predicted octanol–water partition coefficient (Wildman–Crippen LogP) is 5.03. The van der Waals surface area contributed by atoms with Crippen LogP contribution in [0.5, 0.6) is 0 Å². The minimum Gasteiger partial charge on any atom is -0.326 e. The maximum absolute atomic E-state index is 2.54. The fourth-order valence-electron chi connectivity index (χ4n) is 5.47. The molecule has 2 bridgehead atoms. The maximum atomic E-state index is 2.54. The number of rotatable bonds is 9. The SMILES string of the molecule is CCCCCCCCCC[N+]1(C)C[C@@H]2[C@@H](C1)[C@H]1C=C[C@@H]2C1. The summed E-state index contributed by atoms with van der Waals surface area (Å²) in [6.45, 7) is 6.71. The van der Waals surface area contributed by atoms with Gasteiger partial charge in [-0.05, 0) is 31.1 Å². The molecule has 2 aliphatic carbocycles. The third-order valence-corrected chi connectivity index (χ3v) is 6.65. The molecule has 3 rings (SSSR count). The van der Waals surface area contributed by atoms with Crippen molar-refractivity contribution >= 4 is 0 Å². The molecule has 1 saturated heterocycles. The molecule has 1 nitrogen and oxygen atoms in total. The fraction of sp³-hybridized carbons (Fsp3) is 0.900. The topological polar surface area (TPSA) is 0 Å². The van der Waals surface area contributed by atoms with Crippen LogP contribution in [0.2, 0.25) is 0 Å². The van der Waals surface area contributed by atoms with Crippen LogP contribution in [0.4, 0.5) is 0 Å². The highest BCUT2D eigenvalue weighted by atomic mass is 15.4. The first-order chi connectivity index (χ1) is 10.2. The van der Waals surface area contributed by atoms with Gasteiger partial charge < -0.3 is 4.48 Å². The molecule has 0 aromatic carbocycles. The number of hydrogen-bond donors (Lipinski definition) is 0. The Morgan fingerprint density at radius 2 is 1.33 bits per heavy atom. The van der Waals surface area contributed by atoms with E-state index in [1.165, 1.54) is 81.9 Å². The summed E-state index contributed by atoms with van der Waals surface area (Å²) >= 11 is 0. The van der Waals surface area contributed by atoms with Crippen molar-refractivity contribution in [3.05, 3.63) is 12.2 Å². The molecule has 5 atom stereocenters. The van der Waals surface area contributed by atoms with Gasteiger partial charge in [0.1, 0.15) is 0 Å². The third kappa shape index (κ3) is 3.55. The van der Waals surface area contributed by atoms with Crippen LogP contribution in [0.1, 0.15) is 64.7 Å². The number of hydrogen-bond acceptors (Lipinski definition) is 0. The summed E-state index contributed by atoms with van der Waals surface area (Å²) in [5, 5.41) is 0. The van der Waals surface area contributed by atoms with Gasteiger partial charge in [-0.25, -0.2) is 0 Å². The fourth-order valence-corrected chi connectivity index (χ4v) is 5.47. The Morgan fingerprint density at radius 3 is 1.90 bits per heavy atom. The second kappa shape index (κ2) is 6.86. The standard InChI is InChI=1S/C20H36N/c1-3-4-5-6-7-8-9-10-13-21(2)15-19-17-11-12-18(14-17)20(19)16-21/h11-12,17-20H,3-10,13-16H2,1-2H3/q+1/t17-,18+,19-,20-,21?/m0/s1. The Balaban J connectivity index is 1.30. The molecule has 1 heterocycles. The minimum atomic E-state index is 0.957. The van der Waals surface area contributed by atoms with Crippen molar-refractivity contribution < 1.29 is 4.48 Å². The van der Waals surface area contributed by atoms with Crippen molar-refractivity contribution in [3.8, 4) is 0 Å². The second-order valence-corrected chi connectivity index (χ2v) is 8.46. The number of likely N-dealkylation sites (tertiary alicyclic amines) is 1. The van der Waals surface area contributed by atoms with Gasteiger partial charge in [0, 0.05) is 11.8 Å². The average Bonchev–Trinajstić information content (AvgIpc) is 3.13. The number of fused-ring (bicyclic) bond motifs is 5. The highest BCUT2D eigenvalue weighted by Crippen LogP contribution is 2.52. The Labute approximate surface area is 132 Å². The molecule has 1 saturated carbocycles. The van der Waals surface area contributed by atoms with Crippen molar-refractivity contribution in [1.29, 1.82) is 0 Å². The normalized spacial score (nSPS) is 40.1. The van der Waals surface area contributed by atoms with Crippen LogP contribution in [-0.4, -0.2) is 31.2 Å². The zero-order valence-corrected chi connectivity index (χ0v) is 14.4. The first-order valence-electron chi connectivity index (χ1n) is 9.74. The van der Waals surface area contributed by atoms with Gasteiger partial charge in [-0.3, -0.25) is 0 Å². The van der Waals surface area contributed by atoms with Gasteiger partial charge in [0.15, 0.2) is 0 Å². The highest BCUT2D eigenvalue weighted by Gasteiger charge is 2.54. The van der Waals surface area contributed by atoms with E-state index in [-0.39, 0.29) is 0 Å². The lowest BCUT2D eigenvalue weighted by Crippen LogP contribution is -2.43. The van der Waals surface area contributed by atoms with E-state index in [0.29, 0.717) is 0 Å². The van der Waals surface area contributed by atoms with E-state index in [0.717, 1.165) is 23.7 Å². The largest absolute Gasteiger partial charge is 0.326 e. The van der Waals surface area contributed by atoms with E-state index >= 15 is 0 Å². The van der Waals surface area contributed by atoms with Gasteiger partial charge in [0.05, 0.1) is 26.7 Å². The highest BCUT2D eigenvalue weighted by molar-refractivity contribution is 5.14. The van der Waals surface area contributed by atoms with Crippen LogP contribution >= 0.6 is 0 Å². The van der Waals surface area contributed by atoms with Crippen LogP contribution in [-0.2, 0) is 0 Å². The molecule has 0 N–H and O–H groups in total. The zero-order valence-electron chi connectivity index (χ0n) is 14.4. The quantitative estimate of drug-likeness (QED) is 0.317. The van der Waals surface area contributed by atoms with Crippen LogP contribution in [0, 0.1) is 23.7 Å². The van der Waals surface area contributed by atoms with E-state index in [1.807, 2.05) is 0 Å². The molecule has 0 amide bonds. The van der Waals surface area contributed by atoms with Gasteiger partial charge in [-0.2, -0.15) is 0 Å². The van der Waals surface area contributed by atoms with Gasteiger partial charge in [-0.15, -0.1) is 0 Å². The first kappa shape index (κ1) is 15.6. The number of quaternary nitrogens is 1. The smallest absolute Gasteiger partial charge is 0.0824 e. The molecule has 1 unspecified atom stereocenters. The van der Waals surface area contributed by atoms with Crippen molar-refractivity contribution in [2.75, 3.05) is 26.7 Å². The second-order valence-electron chi connectivity index (χ2n) is 8.46. The summed E-state index contributed by atoms with van der Waals surface area (Å²) < 4.78 is 1.39. The molecule has 0 aromatic rings. The van der Waals surface area contributed by atoms with Crippen molar-refractivity contribution in [3.63, 3.8) is 0 Å². The molecule has 0 aromatic heterocycles. The van der Waals surface area contributed by atoms with Gasteiger partial charge in [0.2, 0.25) is 0 Å². The van der Waals surface area contributed by atoms with E-state index in [9.17, 15) is 0 Å². The molecule has 1 heteroatoms. The molecule has 0 radical (unpaired) electrons. The number of allylic oxidation sites excluding steroid dienone is 2. The van der Waals surface area contributed by atoms with Crippen molar-refractivity contribution in [2.45, 2.75) is 64.7 Å². The molecule has 3 aliphatic rings. The van der Waals surface area contributed by atoms with E-state index in [4.69, 9.17) is 0 Å². The molecule has 2 fully saturated rings. The summed E-state index contributed by atoms with van der Waals surface area (Å²) in [4.78, 5) is 0. The average molecular weight is 291 g/mol. The van der Waals surface area contributed by atoms with E-state index in [2.05, 4.69) is 26.1 Å². The van der Waals surface area contributed by atoms with Crippen LogP contribution < -0.4 is 0 Å². The molecule has 0 spiro atoms.